The van der Waals surface area contributed by atoms with Crippen molar-refractivity contribution in [3.05, 3.63) is 23.6 Å². The van der Waals surface area contributed by atoms with Crippen LogP contribution in [-0.2, 0) is 6.54 Å². The van der Waals surface area contributed by atoms with E-state index in [9.17, 15) is 4.39 Å². The maximum atomic E-state index is 13.0. The minimum atomic E-state index is -0.316. The number of pyridine rings is 1. The largest absolute Gasteiger partial charge is 0.354 e. The highest BCUT2D eigenvalue weighted by Gasteiger charge is 2.20. The Hall–Kier alpha value is -0.810. The molecule has 16 heavy (non-hydrogen) atoms. The number of hydrogen-bond donors (Lipinski definition) is 1. The molecule has 1 aromatic heterocycles. The number of anilines is 1. The summed E-state index contributed by atoms with van der Waals surface area (Å²) in [7, 11) is 0. The summed E-state index contributed by atoms with van der Waals surface area (Å²) in [6, 6.07) is 1.48. The molecule has 1 aliphatic rings. The topological polar surface area (TPSA) is 42.2 Å². The fourth-order valence-corrected chi connectivity index (χ4v) is 2.93. The quantitative estimate of drug-likeness (QED) is 0.854. The summed E-state index contributed by atoms with van der Waals surface area (Å²) in [4.78, 5) is 6.37. The molecule has 0 aliphatic carbocycles. The monoisotopic (exact) mass is 241 g/mol. The number of halogens is 1. The van der Waals surface area contributed by atoms with Crippen molar-refractivity contribution in [1.82, 2.24) is 4.98 Å². The summed E-state index contributed by atoms with van der Waals surface area (Å²) in [5.74, 6) is 1.62. The van der Waals surface area contributed by atoms with Crippen molar-refractivity contribution < 1.29 is 4.39 Å². The normalized spacial score (nSPS) is 21.2. The third-order valence-electron chi connectivity index (χ3n) is 2.67. The highest BCUT2D eigenvalue weighted by molar-refractivity contribution is 8.00. The molecule has 0 saturated carbocycles. The summed E-state index contributed by atoms with van der Waals surface area (Å²) in [6.45, 7) is 4.44. The smallest absolute Gasteiger partial charge is 0.141 e. The Morgan fingerprint density at radius 2 is 2.50 bits per heavy atom. The molecule has 2 N–H and O–H groups in total. The Balaban J connectivity index is 2.24. The number of aromatic nitrogens is 1. The van der Waals surface area contributed by atoms with Gasteiger partial charge in [0.1, 0.15) is 11.6 Å². The minimum Gasteiger partial charge on any atom is -0.354 e. The van der Waals surface area contributed by atoms with Gasteiger partial charge in [0, 0.05) is 36.2 Å². The van der Waals surface area contributed by atoms with Crippen molar-refractivity contribution in [2.24, 2.45) is 5.73 Å². The van der Waals surface area contributed by atoms with E-state index in [1.54, 1.807) is 0 Å². The zero-order chi connectivity index (χ0) is 11.5. The van der Waals surface area contributed by atoms with E-state index in [2.05, 4.69) is 16.8 Å². The number of nitrogens with zero attached hydrogens (tertiary/aromatic N) is 2. The number of thioether (sulfide) groups is 1. The fourth-order valence-electron chi connectivity index (χ4n) is 1.92. The highest BCUT2D eigenvalue weighted by Crippen LogP contribution is 2.25. The van der Waals surface area contributed by atoms with E-state index in [0.717, 1.165) is 30.2 Å². The van der Waals surface area contributed by atoms with Crippen LogP contribution >= 0.6 is 11.8 Å². The van der Waals surface area contributed by atoms with Gasteiger partial charge in [0.15, 0.2) is 0 Å². The molecule has 2 heterocycles. The molecule has 0 radical (unpaired) electrons. The van der Waals surface area contributed by atoms with Crippen molar-refractivity contribution in [2.45, 2.75) is 18.7 Å². The van der Waals surface area contributed by atoms with Crippen LogP contribution in [0.15, 0.2) is 12.3 Å². The van der Waals surface area contributed by atoms with Gasteiger partial charge in [-0.15, -0.1) is 0 Å². The second-order valence-corrected chi connectivity index (χ2v) is 5.51. The Morgan fingerprint density at radius 1 is 1.69 bits per heavy atom. The van der Waals surface area contributed by atoms with E-state index < -0.39 is 0 Å². The van der Waals surface area contributed by atoms with Crippen molar-refractivity contribution in [2.75, 3.05) is 23.7 Å². The molecule has 1 unspecified atom stereocenters. The molecular formula is C11H16FN3S. The fraction of sp³-hybridized carbons (Fsp3) is 0.545. The van der Waals surface area contributed by atoms with Crippen LogP contribution in [0.3, 0.4) is 0 Å². The molecule has 88 valence electrons. The van der Waals surface area contributed by atoms with Gasteiger partial charge in [-0.1, -0.05) is 6.92 Å². The molecule has 1 fully saturated rings. The molecule has 0 spiro atoms. The Labute approximate surface area is 99.2 Å². The van der Waals surface area contributed by atoms with Crippen molar-refractivity contribution >= 4 is 17.6 Å². The number of nitrogens with two attached hydrogens (primary N) is 1. The average molecular weight is 241 g/mol. The lowest BCUT2D eigenvalue weighted by atomic mass is 10.2. The summed E-state index contributed by atoms with van der Waals surface area (Å²) in [5, 5.41) is 0.589. The molecular weight excluding hydrogens is 225 g/mol. The predicted molar refractivity (Wildman–Crippen MR) is 66.2 cm³/mol. The first-order valence-corrected chi connectivity index (χ1v) is 6.46. The van der Waals surface area contributed by atoms with Crippen LogP contribution in [0.4, 0.5) is 10.2 Å². The molecule has 0 aromatic carbocycles. The van der Waals surface area contributed by atoms with Crippen LogP contribution in [0, 0.1) is 5.82 Å². The van der Waals surface area contributed by atoms with Crippen LogP contribution in [0.2, 0.25) is 0 Å². The molecule has 1 saturated heterocycles. The van der Waals surface area contributed by atoms with E-state index in [-0.39, 0.29) is 5.82 Å². The van der Waals surface area contributed by atoms with Gasteiger partial charge in [-0.2, -0.15) is 11.8 Å². The van der Waals surface area contributed by atoms with Gasteiger partial charge in [-0.3, -0.25) is 0 Å². The maximum Gasteiger partial charge on any atom is 0.141 e. The van der Waals surface area contributed by atoms with Gasteiger partial charge in [-0.25, -0.2) is 9.37 Å². The Bertz CT molecular complexity index is 372. The molecule has 1 aromatic rings. The molecule has 1 atom stereocenters. The van der Waals surface area contributed by atoms with Gasteiger partial charge >= 0.3 is 0 Å². The zero-order valence-electron chi connectivity index (χ0n) is 9.32. The van der Waals surface area contributed by atoms with Crippen LogP contribution in [0.5, 0.6) is 0 Å². The van der Waals surface area contributed by atoms with Gasteiger partial charge < -0.3 is 10.6 Å². The van der Waals surface area contributed by atoms with Gasteiger partial charge in [0.05, 0.1) is 6.20 Å². The molecule has 0 bridgehead atoms. The van der Waals surface area contributed by atoms with Gasteiger partial charge in [-0.05, 0) is 6.07 Å². The molecule has 1 aliphatic heterocycles. The van der Waals surface area contributed by atoms with Crippen molar-refractivity contribution in [1.29, 1.82) is 0 Å². The first kappa shape index (κ1) is 11.7. The third-order valence-corrected chi connectivity index (χ3v) is 3.81. The zero-order valence-corrected chi connectivity index (χ0v) is 10.1. The van der Waals surface area contributed by atoms with E-state index >= 15 is 0 Å². The second kappa shape index (κ2) is 5.01. The van der Waals surface area contributed by atoms with E-state index in [1.165, 1.54) is 12.3 Å². The Kier molecular flexibility index (Phi) is 3.66. The molecule has 3 nitrogen and oxygen atoms in total. The third kappa shape index (κ3) is 2.47. The minimum absolute atomic E-state index is 0.316. The van der Waals surface area contributed by atoms with E-state index in [1.807, 2.05) is 11.8 Å². The number of rotatable bonds is 2. The second-order valence-electron chi connectivity index (χ2n) is 3.97. The van der Waals surface area contributed by atoms with Gasteiger partial charge in [0.2, 0.25) is 0 Å². The van der Waals surface area contributed by atoms with E-state index in [4.69, 9.17) is 5.73 Å². The first-order chi connectivity index (χ1) is 7.70. The summed E-state index contributed by atoms with van der Waals surface area (Å²) < 4.78 is 13.0. The van der Waals surface area contributed by atoms with Crippen LogP contribution in [0.25, 0.3) is 0 Å². The van der Waals surface area contributed by atoms with E-state index in [0.29, 0.717) is 11.8 Å². The lowest BCUT2D eigenvalue weighted by Crippen LogP contribution is -2.38. The lowest BCUT2D eigenvalue weighted by molar-refractivity contribution is 0.616. The predicted octanol–water partition coefficient (Wildman–Crippen LogP) is 1.62. The summed E-state index contributed by atoms with van der Waals surface area (Å²) in [5.41, 5.74) is 6.41. The van der Waals surface area contributed by atoms with Gasteiger partial charge in [0.25, 0.3) is 0 Å². The number of hydrogen-bond acceptors (Lipinski definition) is 4. The molecule has 5 heteroatoms. The lowest BCUT2D eigenvalue weighted by Gasteiger charge is -2.32. The van der Waals surface area contributed by atoms with Crippen molar-refractivity contribution in [3.63, 3.8) is 0 Å². The average Bonchev–Trinajstić information content (AvgIpc) is 2.28. The maximum absolute atomic E-state index is 13.0. The van der Waals surface area contributed by atoms with Crippen molar-refractivity contribution in [3.8, 4) is 0 Å². The molecule has 0 amide bonds. The highest BCUT2D eigenvalue weighted by atomic mass is 32.2. The Morgan fingerprint density at radius 3 is 3.19 bits per heavy atom. The standard InChI is InChI=1S/C11H16FN3S/c1-8-7-15(2-3-16-8)11-9(5-13)4-10(12)6-14-11/h4,6,8H,2-3,5,7,13H2,1H3. The SMILES string of the molecule is CC1CN(c2ncc(F)cc2CN)CCS1. The first-order valence-electron chi connectivity index (χ1n) is 5.41. The summed E-state index contributed by atoms with van der Waals surface area (Å²) in [6.07, 6.45) is 1.26. The van der Waals surface area contributed by atoms with Crippen LogP contribution in [0.1, 0.15) is 12.5 Å². The van der Waals surface area contributed by atoms with Crippen LogP contribution in [-0.4, -0.2) is 29.1 Å². The summed E-state index contributed by atoms with van der Waals surface area (Å²) >= 11 is 1.96. The molecule has 2 rings (SSSR count). The van der Waals surface area contributed by atoms with Crippen LogP contribution < -0.4 is 10.6 Å².